The van der Waals surface area contributed by atoms with Crippen LogP contribution in [0.15, 0.2) is 42.5 Å². The van der Waals surface area contributed by atoms with Crippen molar-refractivity contribution in [3.05, 3.63) is 48.0 Å². The fourth-order valence-corrected chi connectivity index (χ4v) is 1.17. The zero-order valence-electron chi connectivity index (χ0n) is 8.68. The second-order valence-electron chi connectivity index (χ2n) is 3.35. The predicted octanol–water partition coefficient (Wildman–Crippen LogP) is 1.81. The zero-order chi connectivity index (χ0) is 11.1. The quantitative estimate of drug-likeness (QED) is 0.721. The second-order valence-corrected chi connectivity index (χ2v) is 3.35. The Morgan fingerprint density at radius 1 is 1.47 bits per heavy atom. The highest BCUT2D eigenvalue weighted by molar-refractivity contribution is 5.79. The minimum absolute atomic E-state index is 0.0568. The van der Waals surface area contributed by atoms with Crippen LogP contribution in [0.2, 0.25) is 0 Å². The lowest BCUT2D eigenvalue weighted by Crippen LogP contribution is -2.23. The maximum absolute atomic E-state index is 10.3. The van der Waals surface area contributed by atoms with Gasteiger partial charge >= 0.3 is 5.97 Å². The van der Waals surface area contributed by atoms with Crippen molar-refractivity contribution in [2.24, 2.45) is 0 Å². The van der Waals surface area contributed by atoms with Gasteiger partial charge in [0.15, 0.2) is 0 Å². The number of carboxylic acid groups (broad SMARTS) is 1. The summed E-state index contributed by atoms with van der Waals surface area (Å²) in [5.74, 6) is -0.914. The van der Waals surface area contributed by atoms with Crippen LogP contribution in [0.25, 0.3) is 0 Å². The van der Waals surface area contributed by atoms with Crippen LogP contribution in [0.5, 0.6) is 0 Å². The average molecular weight is 205 g/mol. The molecule has 3 heteroatoms. The van der Waals surface area contributed by atoms with E-state index in [9.17, 15) is 4.79 Å². The van der Waals surface area contributed by atoms with E-state index >= 15 is 0 Å². The zero-order valence-corrected chi connectivity index (χ0v) is 8.68. The minimum atomic E-state index is -0.914. The summed E-state index contributed by atoms with van der Waals surface area (Å²) in [6, 6.07) is 10.0. The van der Waals surface area contributed by atoms with Gasteiger partial charge in [-0.15, -0.1) is 0 Å². The van der Waals surface area contributed by atoms with E-state index in [0.29, 0.717) is 0 Å². The molecule has 0 aliphatic heterocycles. The summed E-state index contributed by atoms with van der Waals surface area (Å²) in [5.41, 5.74) is 1.19. The maximum atomic E-state index is 10.3. The molecule has 1 rings (SSSR count). The smallest absolute Gasteiger partial charge is 0.328 e. The van der Waals surface area contributed by atoms with Gasteiger partial charge in [0.25, 0.3) is 0 Å². The van der Waals surface area contributed by atoms with Gasteiger partial charge < -0.3 is 10.4 Å². The van der Waals surface area contributed by atoms with Gasteiger partial charge in [-0.1, -0.05) is 36.4 Å². The predicted molar refractivity (Wildman–Crippen MR) is 59.5 cm³/mol. The van der Waals surface area contributed by atoms with Crippen LogP contribution < -0.4 is 5.32 Å². The van der Waals surface area contributed by atoms with Crippen molar-refractivity contribution in [3.8, 4) is 0 Å². The molecule has 0 saturated carbocycles. The Morgan fingerprint density at radius 2 is 2.13 bits per heavy atom. The lowest BCUT2D eigenvalue weighted by atomic mass is 10.2. The molecule has 0 radical (unpaired) electrons. The number of carboxylic acids is 1. The van der Waals surface area contributed by atoms with E-state index in [1.165, 1.54) is 5.56 Å². The lowest BCUT2D eigenvalue weighted by molar-refractivity contribution is -0.131. The van der Waals surface area contributed by atoms with E-state index in [1.807, 2.05) is 37.3 Å². The van der Waals surface area contributed by atoms with E-state index in [2.05, 4.69) is 5.32 Å². The van der Waals surface area contributed by atoms with Crippen LogP contribution in [0.1, 0.15) is 12.5 Å². The Hall–Kier alpha value is -1.61. The third kappa shape index (κ3) is 4.98. The molecule has 0 fully saturated rings. The Bertz CT molecular complexity index is 333. The molecule has 1 atom stereocenters. The van der Waals surface area contributed by atoms with Crippen molar-refractivity contribution in [3.63, 3.8) is 0 Å². The highest BCUT2D eigenvalue weighted by atomic mass is 16.4. The van der Waals surface area contributed by atoms with Gasteiger partial charge in [-0.2, -0.15) is 0 Å². The molecule has 80 valence electrons. The molecule has 0 aliphatic rings. The van der Waals surface area contributed by atoms with Crippen molar-refractivity contribution in [2.45, 2.75) is 19.5 Å². The number of aliphatic carboxylic acids is 1. The third-order valence-corrected chi connectivity index (χ3v) is 2.00. The van der Waals surface area contributed by atoms with Crippen LogP contribution in [0.4, 0.5) is 0 Å². The van der Waals surface area contributed by atoms with Crippen molar-refractivity contribution >= 4 is 5.97 Å². The van der Waals surface area contributed by atoms with Crippen LogP contribution in [0, 0.1) is 0 Å². The van der Waals surface area contributed by atoms with Crippen molar-refractivity contribution in [1.29, 1.82) is 0 Å². The fraction of sp³-hybridized carbons (Fsp3) is 0.250. The van der Waals surface area contributed by atoms with Crippen LogP contribution >= 0.6 is 0 Å². The van der Waals surface area contributed by atoms with Crippen LogP contribution in [-0.4, -0.2) is 17.1 Å². The molecule has 0 aliphatic carbocycles. The van der Waals surface area contributed by atoms with Gasteiger partial charge in [0.1, 0.15) is 0 Å². The van der Waals surface area contributed by atoms with Gasteiger partial charge in [-0.05, 0) is 12.5 Å². The van der Waals surface area contributed by atoms with E-state index in [4.69, 9.17) is 5.11 Å². The summed E-state index contributed by atoms with van der Waals surface area (Å²) in [6.45, 7) is 2.66. The Kier molecular flexibility index (Phi) is 4.57. The van der Waals surface area contributed by atoms with Gasteiger partial charge in [0, 0.05) is 18.7 Å². The summed E-state index contributed by atoms with van der Waals surface area (Å²) < 4.78 is 0. The summed E-state index contributed by atoms with van der Waals surface area (Å²) in [4.78, 5) is 10.3. The first-order chi connectivity index (χ1) is 7.18. The first-order valence-electron chi connectivity index (χ1n) is 4.87. The normalized spacial score (nSPS) is 12.9. The molecule has 0 saturated heterocycles. The first kappa shape index (κ1) is 11.5. The Balaban J connectivity index is 2.34. The van der Waals surface area contributed by atoms with Gasteiger partial charge in [-0.25, -0.2) is 4.79 Å². The van der Waals surface area contributed by atoms with Gasteiger partial charge in [0.2, 0.25) is 0 Å². The minimum Gasteiger partial charge on any atom is -0.478 e. The Morgan fingerprint density at radius 3 is 2.73 bits per heavy atom. The molecule has 0 heterocycles. The molecule has 0 bridgehead atoms. The number of hydrogen-bond acceptors (Lipinski definition) is 2. The molecular weight excluding hydrogens is 190 g/mol. The molecule has 0 amide bonds. The molecule has 3 nitrogen and oxygen atoms in total. The van der Waals surface area contributed by atoms with Gasteiger partial charge in [-0.3, -0.25) is 0 Å². The maximum Gasteiger partial charge on any atom is 0.328 e. The summed E-state index contributed by atoms with van der Waals surface area (Å²) in [6.07, 6.45) is 2.79. The van der Waals surface area contributed by atoms with E-state index < -0.39 is 5.97 Å². The topological polar surface area (TPSA) is 49.3 Å². The SMILES string of the molecule is C[C@H](C=CC(=O)O)NCc1ccccc1. The highest BCUT2D eigenvalue weighted by Gasteiger charge is 1.97. The van der Waals surface area contributed by atoms with Crippen molar-refractivity contribution in [1.82, 2.24) is 5.32 Å². The second kappa shape index (κ2) is 5.98. The van der Waals surface area contributed by atoms with Crippen LogP contribution in [0.3, 0.4) is 0 Å². The molecule has 0 unspecified atom stereocenters. The molecule has 1 aromatic rings. The summed E-state index contributed by atoms with van der Waals surface area (Å²) in [5, 5.41) is 11.6. The number of benzene rings is 1. The standard InChI is InChI=1S/C12H15NO2/c1-10(7-8-12(14)15)13-9-11-5-3-2-4-6-11/h2-8,10,13H,9H2,1H3,(H,14,15)/t10-/m1/s1. The lowest BCUT2D eigenvalue weighted by Gasteiger charge is -2.08. The summed E-state index contributed by atoms with van der Waals surface area (Å²) >= 11 is 0. The molecule has 0 spiro atoms. The number of nitrogens with one attached hydrogen (secondary N) is 1. The first-order valence-corrected chi connectivity index (χ1v) is 4.87. The Labute approximate surface area is 89.4 Å². The molecule has 0 aromatic heterocycles. The number of carbonyl (C=O) groups is 1. The monoisotopic (exact) mass is 205 g/mol. The molecule has 1 aromatic carbocycles. The van der Waals surface area contributed by atoms with Gasteiger partial charge in [0.05, 0.1) is 0 Å². The summed E-state index contributed by atoms with van der Waals surface area (Å²) in [7, 11) is 0. The van der Waals surface area contributed by atoms with E-state index in [-0.39, 0.29) is 6.04 Å². The molecule has 2 N–H and O–H groups in total. The van der Waals surface area contributed by atoms with Crippen molar-refractivity contribution in [2.75, 3.05) is 0 Å². The van der Waals surface area contributed by atoms with E-state index in [0.717, 1.165) is 12.6 Å². The fourth-order valence-electron chi connectivity index (χ4n) is 1.17. The van der Waals surface area contributed by atoms with E-state index in [1.54, 1.807) is 6.08 Å². The van der Waals surface area contributed by atoms with Crippen molar-refractivity contribution < 1.29 is 9.90 Å². The average Bonchev–Trinajstić information content (AvgIpc) is 2.25. The third-order valence-electron chi connectivity index (χ3n) is 2.00. The number of rotatable bonds is 5. The molecule has 15 heavy (non-hydrogen) atoms. The number of hydrogen-bond donors (Lipinski definition) is 2. The van der Waals surface area contributed by atoms with Crippen LogP contribution in [-0.2, 0) is 11.3 Å². The highest BCUT2D eigenvalue weighted by Crippen LogP contribution is 1.98. The largest absolute Gasteiger partial charge is 0.478 e. The molecular formula is C12H15NO2.